The van der Waals surface area contributed by atoms with Crippen molar-refractivity contribution in [3.8, 4) is 0 Å². The van der Waals surface area contributed by atoms with Crippen LogP contribution >= 0.6 is 24.0 Å². The van der Waals surface area contributed by atoms with E-state index in [1.165, 1.54) is 0 Å². The van der Waals surface area contributed by atoms with Crippen molar-refractivity contribution in [3.63, 3.8) is 0 Å². The zero-order chi connectivity index (χ0) is 18.4. The van der Waals surface area contributed by atoms with Gasteiger partial charge in [-0.2, -0.15) is 0 Å². The Morgan fingerprint density at radius 2 is 1.93 bits per heavy atom. The minimum absolute atomic E-state index is 0. The third-order valence-corrected chi connectivity index (χ3v) is 4.18. The quantitative estimate of drug-likeness (QED) is 0.230. The van der Waals surface area contributed by atoms with Crippen LogP contribution in [0.3, 0.4) is 0 Å². The lowest BCUT2D eigenvalue weighted by Crippen LogP contribution is -2.38. The van der Waals surface area contributed by atoms with Crippen molar-refractivity contribution in [1.82, 2.24) is 40.0 Å². The van der Waals surface area contributed by atoms with Gasteiger partial charge in [0, 0.05) is 19.8 Å². The maximum atomic E-state index is 4.63. The molecule has 10 heteroatoms. The van der Waals surface area contributed by atoms with Crippen molar-refractivity contribution in [2.24, 2.45) is 12.0 Å². The van der Waals surface area contributed by atoms with E-state index in [1.54, 1.807) is 0 Å². The van der Waals surface area contributed by atoms with Gasteiger partial charge in [0.25, 0.3) is 0 Å². The molecule has 0 unspecified atom stereocenters. The Morgan fingerprint density at radius 1 is 1.11 bits per heavy atom. The van der Waals surface area contributed by atoms with Gasteiger partial charge in [-0.25, -0.2) is 4.99 Å². The van der Waals surface area contributed by atoms with Crippen molar-refractivity contribution < 1.29 is 0 Å². The predicted octanol–water partition coefficient (Wildman–Crippen LogP) is 1.82. The van der Waals surface area contributed by atoms with Gasteiger partial charge in [-0.15, -0.1) is 44.4 Å². The number of guanidine groups is 1. The van der Waals surface area contributed by atoms with Crippen LogP contribution in [0.5, 0.6) is 0 Å². The van der Waals surface area contributed by atoms with Gasteiger partial charge < -0.3 is 15.2 Å². The summed E-state index contributed by atoms with van der Waals surface area (Å²) >= 11 is 0. The van der Waals surface area contributed by atoms with E-state index in [2.05, 4.69) is 42.9 Å². The minimum Gasteiger partial charge on any atom is -0.356 e. The maximum Gasteiger partial charge on any atom is 0.192 e. The lowest BCUT2D eigenvalue weighted by Gasteiger charge is -2.11. The second-order valence-corrected chi connectivity index (χ2v) is 6.07. The van der Waals surface area contributed by atoms with Crippen LogP contribution in [0.4, 0.5) is 0 Å². The van der Waals surface area contributed by atoms with E-state index in [-0.39, 0.29) is 24.0 Å². The maximum absolute atomic E-state index is 4.63. The molecular formula is C17H26IN9. The number of nitrogens with one attached hydrogen (secondary N) is 2. The van der Waals surface area contributed by atoms with Gasteiger partial charge in [0.05, 0.1) is 6.54 Å². The lowest BCUT2D eigenvalue weighted by atomic mass is 10.3. The number of hydrogen-bond donors (Lipinski definition) is 2. The summed E-state index contributed by atoms with van der Waals surface area (Å²) in [7, 11) is 1.94. The first-order chi connectivity index (χ1) is 12.7. The highest BCUT2D eigenvalue weighted by Crippen LogP contribution is 2.03. The molecule has 0 aromatic carbocycles. The van der Waals surface area contributed by atoms with Gasteiger partial charge in [0.2, 0.25) is 0 Å². The van der Waals surface area contributed by atoms with Gasteiger partial charge in [0.1, 0.15) is 12.4 Å². The molecule has 3 heterocycles. The summed E-state index contributed by atoms with van der Waals surface area (Å²) in [5, 5.41) is 23.3. The van der Waals surface area contributed by atoms with E-state index in [0.29, 0.717) is 13.1 Å². The molecule has 2 N–H and O–H groups in total. The van der Waals surface area contributed by atoms with E-state index in [9.17, 15) is 0 Å². The largest absolute Gasteiger partial charge is 0.356 e. The summed E-state index contributed by atoms with van der Waals surface area (Å²) in [6.45, 7) is 5.94. The Hall–Kier alpha value is -2.24. The summed E-state index contributed by atoms with van der Waals surface area (Å²) < 4.78 is 3.90. The number of aliphatic imine (C=N–C) groups is 1. The zero-order valence-electron chi connectivity index (χ0n) is 15.9. The molecule has 0 amide bonds. The summed E-state index contributed by atoms with van der Waals surface area (Å²) in [5.41, 5.74) is 0.830. The number of fused-ring (bicyclic) bond motifs is 1. The fourth-order valence-electron chi connectivity index (χ4n) is 2.47. The van der Waals surface area contributed by atoms with Gasteiger partial charge in [0.15, 0.2) is 23.3 Å². The molecule has 0 aliphatic rings. The van der Waals surface area contributed by atoms with Gasteiger partial charge in [-0.1, -0.05) is 19.4 Å². The second-order valence-electron chi connectivity index (χ2n) is 6.07. The minimum atomic E-state index is 0. The topological polar surface area (TPSA) is 97.3 Å². The monoisotopic (exact) mass is 483 g/mol. The first-order valence-corrected chi connectivity index (χ1v) is 8.84. The van der Waals surface area contributed by atoms with E-state index >= 15 is 0 Å². The van der Waals surface area contributed by atoms with Crippen LogP contribution in [0.1, 0.15) is 37.2 Å². The number of unbranched alkanes of at least 4 members (excludes halogenated alkanes) is 1. The molecule has 146 valence electrons. The normalized spacial score (nSPS) is 11.4. The number of nitrogens with zero attached hydrogens (tertiary/aromatic N) is 7. The van der Waals surface area contributed by atoms with E-state index in [4.69, 9.17) is 0 Å². The summed E-state index contributed by atoms with van der Waals surface area (Å²) in [5.74, 6) is 3.26. The van der Waals surface area contributed by atoms with Crippen LogP contribution in [0.25, 0.3) is 5.65 Å². The van der Waals surface area contributed by atoms with Crippen LogP contribution in [0, 0.1) is 6.92 Å². The summed E-state index contributed by atoms with van der Waals surface area (Å²) in [6, 6.07) is 5.84. The Balaban J connectivity index is 0.00000261. The molecule has 0 aliphatic heterocycles. The predicted molar refractivity (Wildman–Crippen MR) is 115 cm³/mol. The number of halogens is 1. The fraction of sp³-hybridized carbons (Fsp3) is 0.471. The molecule has 3 rings (SSSR count). The molecule has 3 aromatic rings. The zero-order valence-corrected chi connectivity index (χ0v) is 18.2. The highest BCUT2D eigenvalue weighted by atomic mass is 127. The highest BCUT2D eigenvalue weighted by molar-refractivity contribution is 14.0. The van der Waals surface area contributed by atoms with Gasteiger partial charge >= 0.3 is 0 Å². The smallest absolute Gasteiger partial charge is 0.192 e. The molecule has 0 saturated heterocycles. The number of pyridine rings is 1. The van der Waals surface area contributed by atoms with Crippen molar-refractivity contribution in [2.45, 2.75) is 39.8 Å². The molecule has 0 bridgehead atoms. The molecule has 27 heavy (non-hydrogen) atoms. The van der Waals surface area contributed by atoms with Crippen molar-refractivity contribution in [2.75, 3.05) is 6.54 Å². The number of aromatic nitrogens is 6. The van der Waals surface area contributed by atoms with Crippen molar-refractivity contribution in [1.29, 1.82) is 0 Å². The first kappa shape index (κ1) is 21.1. The van der Waals surface area contributed by atoms with Gasteiger partial charge in [-0.05, 0) is 25.5 Å². The van der Waals surface area contributed by atoms with Crippen molar-refractivity contribution in [3.05, 3.63) is 41.9 Å². The molecule has 0 saturated carbocycles. The van der Waals surface area contributed by atoms with Crippen LogP contribution in [0.15, 0.2) is 29.4 Å². The fourth-order valence-corrected chi connectivity index (χ4v) is 2.47. The Morgan fingerprint density at radius 3 is 2.67 bits per heavy atom. The number of hydrogen-bond acceptors (Lipinski definition) is 5. The summed E-state index contributed by atoms with van der Waals surface area (Å²) in [4.78, 5) is 4.63. The lowest BCUT2D eigenvalue weighted by molar-refractivity contribution is 0.705. The molecule has 0 atom stereocenters. The van der Waals surface area contributed by atoms with Crippen LogP contribution in [-0.2, 0) is 20.1 Å². The highest BCUT2D eigenvalue weighted by Gasteiger charge is 2.08. The summed E-state index contributed by atoms with van der Waals surface area (Å²) in [6.07, 6.45) is 4.16. The second kappa shape index (κ2) is 10.2. The van der Waals surface area contributed by atoms with Crippen LogP contribution < -0.4 is 10.6 Å². The van der Waals surface area contributed by atoms with Crippen LogP contribution in [-0.4, -0.2) is 41.9 Å². The molecule has 0 aliphatic carbocycles. The van der Waals surface area contributed by atoms with E-state index in [1.807, 2.05) is 47.3 Å². The number of aryl methyl sites for hydroxylation is 1. The molecule has 3 aromatic heterocycles. The molecule has 0 spiro atoms. The first-order valence-electron chi connectivity index (χ1n) is 8.84. The van der Waals surface area contributed by atoms with E-state index in [0.717, 1.165) is 48.5 Å². The average Bonchev–Trinajstić information content (AvgIpc) is 3.21. The number of rotatable bonds is 7. The SMILES string of the molecule is CCCCNC(=NCc1nnc(C)n1C)NCc1nnc2ccccn12.I. The molecular weight excluding hydrogens is 457 g/mol. The molecule has 0 radical (unpaired) electrons. The molecule has 9 nitrogen and oxygen atoms in total. The molecule has 0 fully saturated rings. The third-order valence-electron chi connectivity index (χ3n) is 4.18. The van der Waals surface area contributed by atoms with Gasteiger partial charge in [-0.3, -0.25) is 4.40 Å². The Bertz CT molecular complexity index is 884. The third kappa shape index (κ3) is 5.37. The van der Waals surface area contributed by atoms with Crippen LogP contribution in [0.2, 0.25) is 0 Å². The Labute approximate surface area is 175 Å². The average molecular weight is 483 g/mol. The standard InChI is InChI=1S/C17H25N9.HI/c1-4-5-9-18-17(19-11-15-23-21-13(2)25(15)3)20-12-16-24-22-14-8-6-7-10-26(14)16;/h6-8,10H,4-5,9,11-12H2,1-3H3,(H2,18,19,20);1H. The van der Waals surface area contributed by atoms with Crippen molar-refractivity contribution >= 4 is 35.6 Å². The van der Waals surface area contributed by atoms with E-state index < -0.39 is 0 Å². The Kier molecular flexibility index (Phi) is 7.95.